The molecule has 0 fully saturated rings. The average molecular weight is 232 g/mol. The van der Waals surface area contributed by atoms with Gasteiger partial charge in [-0.2, -0.15) is 0 Å². The van der Waals surface area contributed by atoms with E-state index in [0.29, 0.717) is 12.5 Å². The monoisotopic (exact) mass is 232 g/mol. The fourth-order valence-corrected chi connectivity index (χ4v) is 2.86. The Morgan fingerprint density at radius 3 is 3.18 bits per heavy atom. The van der Waals surface area contributed by atoms with Gasteiger partial charge in [0, 0.05) is 0 Å². The molecule has 0 saturated heterocycles. The third kappa shape index (κ3) is 1.69. The summed E-state index contributed by atoms with van der Waals surface area (Å²) in [6.07, 6.45) is 3.17. The van der Waals surface area contributed by atoms with Gasteiger partial charge in [-0.15, -0.1) is 0 Å². The van der Waals surface area contributed by atoms with Gasteiger partial charge >= 0.3 is 0 Å². The minimum atomic E-state index is -0.0655. The quantitative estimate of drug-likeness (QED) is 0.810. The summed E-state index contributed by atoms with van der Waals surface area (Å²) >= 11 is 0. The lowest BCUT2D eigenvalue weighted by molar-refractivity contribution is -0.118. The molecular formula is C13H16N2O2. The summed E-state index contributed by atoms with van der Waals surface area (Å²) in [5, 5.41) is 2.94. The zero-order chi connectivity index (χ0) is 11.8. The number of fused-ring (bicyclic) bond motifs is 3. The Labute approximate surface area is 100 Å². The van der Waals surface area contributed by atoms with Crippen LogP contribution in [0.15, 0.2) is 12.1 Å². The molecule has 1 atom stereocenters. The Morgan fingerprint density at radius 1 is 1.47 bits per heavy atom. The van der Waals surface area contributed by atoms with Gasteiger partial charge in [-0.1, -0.05) is 6.07 Å². The van der Waals surface area contributed by atoms with E-state index in [0.717, 1.165) is 30.7 Å². The molecule has 0 radical (unpaired) electrons. The van der Waals surface area contributed by atoms with E-state index < -0.39 is 0 Å². The van der Waals surface area contributed by atoms with Gasteiger partial charge < -0.3 is 15.8 Å². The van der Waals surface area contributed by atoms with Gasteiger partial charge in [0.25, 0.3) is 5.91 Å². The molecule has 2 aliphatic rings. The molecule has 4 heteroatoms. The number of hydrogen-bond donors (Lipinski definition) is 2. The molecule has 0 spiro atoms. The third-order valence-corrected chi connectivity index (χ3v) is 3.61. The van der Waals surface area contributed by atoms with Gasteiger partial charge in [0.2, 0.25) is 0 Å². The smallest absolute Gasteiger partial charge is 0.262 e. The van der Waals surface area contributed by atoms with Crippen LogP contribution in [0.25, 0.3) is 0 Å². The molecule has 90 valence electrons. The minimum absolute atomic E-state index is 0.0655. The molecule has 1 aliphatic carbocycles. The first-order valence-corrected chi connectivity index (χ1v) is 6.08. The summed E-state index contributed by atoms with van der Waals surface area (Å²) in [6, 6.07) is 4.07. The molecule has 0 bridgehead atoms. The van der Waals surface area contributed by atoms with Gasteiger partial charge in [-0.3, -0.25) is 4.79 Å². The SMILES string of the molecule is NCC[C@@H]1CCc2ccc3c(c21)NC(=O)CO3. The van der Waals surface area contributed by atoms with E-state index in [-0.39, 0.29) is 12.5 Å². The minimum Gasteiger partial charge on any atom is -0.482 e. The highest BCUT2D eigenvalue weighted by Crippen LogP contribution is 2.45. The Kier molecular flexibility index (Phi) is 2.52. The molecule has 4 nitrogen and oxygen atoms in total. The summed E-state index contributed by atoms with van der Waals surface area (Å²) in [5.74, 6) is 1.20. The summed E-state index contributed by atoms with van der Waals surface area (Å²) in [6.45, 7) is 0.802. The van der Waals surface area contributed by atoms with Gasteiger partial charge in [-0.25, -0.2) is 0 Å². The van der Waals surface area contributed by atoms with Crippen LogP contribution in [0.2, 0.25) is 0 Å². The van der Waals surface area contributed by atoms with Crippen LogP contribution < -0.4 is 15.8 Å². The number of carbonyl (C=O) groups is 1. The largest absolute Gasteiger partial charge is 0.482 e. The maximum absolute atomic E-state index is 11.4. The van der Waals surface area contributed by atoms with Crippen molar-refractivity contribution in [2.75, 3.05) is 18.5 Å². The number of benzene rings is 1. The van der Waals surface area contributed by atoms with E-state index in [1.807, 2.05) is 6.07 Å². The van der Waals surface area contributed by atoms with E-state index in [1.165, 1.54) is 11.1 Å². The number of amides is 1. The van der Waals surface area contributed by atoms with Crippen molar-refractivity contribution in [2.45, 2.75) is 25.2 Å². The van der Waals surface area contributed by atoms with E-state index in [2.05, 4.69) is 11.4 Å². The average Bonchev–Trinajstić information content (AvgIpc) is 2.73. The number of nitrogens with one attached hydrogen (secondary N) is 1. The number of hydrogen-bond acceptors (Lipinski definition) is 3. The highest BCUT2D eigenvalue weighted by Gasteiger charge is 2.29. The fraction of sp³-hybridized carbons (Fsp3) is 0.462. The first-order chi connectivity index (χ1) is 8.29. The molecule has 0 unspecified atom stereocenters. The summed E-state index contributed by atoms with van der Waals surface area (Å²) < 4.78 is 5.44. The van der Waals surface area contributed by atoms with Crippen molar-refractivity contribution in [3.05, 3.63) is 23.3 Å². The lowest BCUT2D eigenvalue weighted by Gasteiger charge is -2.23. The lowest BCUT2D eigenvalue weighted by atomic mass is 9.95. The topological polar surface area (TPSA) is 64.3 Å². The van der Waals surface area contributed by atoms with E-state index >= 15 is 0 Å². The Bertz CT molecular complexity index is 469. The van der Waals surface area contributed by atoms with Crippen LogP contribution in [0.5, 0.6) is 5.75 Å². The van der Waals surface area contributed by atoms with Gasteiger partial charge in [-0.05, 0) is 48.9 Å². The van der Waals surface area contributed by atoms with Gasteiger partial charge in [0.05, 0.1) is 5.69 Å². The first-order valence-electron chi connectivity index (χ1n) is 6.08. The Morgan fingerprint density at radius 2 is 2.35 bits per heavy atom. The molecule has 1 heterocycles. The predicted octanol–water partition coefficient (Wildman–Crippen LogP) is 1.40. The second kappa shape index (κ2) is 4.04. The molecule has 1 aromatic carbocycles. The maximum atomic E-state index is 11.4. The second-order valence-electron chi connectivity index (χ2n) is 4.66. The normalized spacial score (nSPS) is 21.5. The van der Waals surface area contributed by atoms with Crippen LogP contribution in [-0.2, 0) is 11.2 Å². The Balaban J connectivity index is 2.06. The van der Waals surface area contributed by atoms with Crippen LogP contribution in [0.3, 0.4) is 0 Å². The van der Waals surface area contributed by atoms with E-state index in [9.17, 15) is 4.79 Å². The van der Waals surface area contributed by atoms with Crippen molar-refractivity contribution >= 4 is 11.6 Å². The van der Waals surface area contributed by atoms with Crippen LogP contribution in [-0.4, -0.2) is 19.1 Å². The Hall–Kier alpha value is -1.55. The van der Waals surface area contributed by atoms with Crippen molar-refractivity contribution in [1.82, 2.24) is 0 Å². The number of ether oxygens (including phenoxy) is 1. The van der Waals surface area contributed by atoms with E-state index in [4.69, 9.17) is 10.5 Å². The molecule has 1 aliphatic heterocycles. The summed E-state index contributed by atoms with van der Waals surface area (Å²) in [5.41, 5.74) is 9.11. The molecule has 1 aromatic rings. The van der Waals surface area contributed by atoms with Crippen molar-refractivity contribution in [3.8, 4) is 5.75 Å². The zero-order valence-corrected chi connectivity index (χ0v) is 9.66. The van der Waals surface area contributed by atoms with Gasteiger partial charge in [0.15, 0.2) is 6.61 Å². The van der Waals surface area contributed by atoms with Crippen LogP contribution in [0, 0.1) is 0 Å². The molecular weight excluding hydrogens is 216 g/mol. The number of aryl methyl sites for hydroxylation is 1. The molecule has 17 heavy (non-hydrogen) atoms. The van der Waals surface area contributed by atoms with Crippen LogP contribution in [0.4, 0.5) is 5.69 Å². The van der Waals surface area contributed by atoms with Crippen molar-refractivity contribution in [3.63, 3.8) is 0 Å². The van der Waals surface area contributed by atoms with Crippen LogP contribution >= 0.6 is 0 Å². The highest BCUT2D eigenvalue weighted by atomic mass is 16.5. The lowest BCUT2D eigenvalue weighted by Crippen LogP contribution is -2.26. The standard InChI is InChI=1S/C13H16N2O2/c14-6-5-9-2-1-8-3-4-10-13(12(8)9)15-11(16)7-17-10/h3-4,9H,1-2,5-7,14H2,(H,15,16)/t9-/m0/s1. The number of nitrogens with two attached hydrogens (primary N) is 1. The van der Waals surface area contributed by atoms with Crippen molar-refractivity contribution in [2.24, 2.45) is 5.73 Å². The fourth-order valence-electron chi connectivity index (χ4n) is 2.86. The van der Waals surface area contributed by atoms with E-state index in [1.54, 1.807) is 0 Å². The molecule has 3 N–H and O–H groups in total. The third-order valence-electron chi connectivity index (χ3n) is 3.61. The summed E-state index contributed by atoms with van der Waals surface area (Å²) in [4.78, 5) is 11.4. The maximum Gasteiger partial charge on any atom is 0.262 e. The van der Waals surface area contributed by atoms with Crippen LogP contribution in [0.1, 0.15) is 29.9 Å². The molecule has 3 rings (SSSR count). The van der Waals surface area contributed by atoms with Crippen molar-refractivity contribution < 1.29 is 9.53 Å². The highest BCUT2D eigenvalue weighted by molar-refractivity contribution is 5.96. The molecule has 1 amide bonds. The number of anilines is 1. The predicted molar refractivity (Wildman–Crippen MR) is 65.3 cm³/mol. The van der Waals surface area contributed by atoms with Gasteiger partial charge in [0.1, 0.15) is 5.75 Å². The van der Waals surface area contributed by atoms with Crippen molar-refractivity contribution in [1.29, 1.82) is 0 Å². The number of carbonyl (C=O) groups excluding carboxylic acids is 1. The zero-order valence-electron chi connectivity index (χ0n) is 9.66. The summed E-state index contributed by atoms with van der Waals surface area (Å²) in [7, 11) is 0. The first kappa shape index (κ1) is 10.6. The number of rotatable bonds is 2. The molecule has 0 saturated carbocycles. The second-order valence-corrected chi connectivity index (χ2v) is 4.66. The molecule has 0 aromatic heterocycles.